The van der Waals surface area contributed by atoms with Crippen molar-refractivity contribution in [1.29, 1.82) is 0 Å². The van der Waals surface area contributed by atoms with Gasteiger partial charge in [0.1, 0.15) is 11.5 Å². The Hall–Kier alpha value is -1.58. The lowest BCUT2D eigenvalue weighted by atomic mass is 10.3. The Morgan fingerprint density at radius 1 is 1.35 bits per heavy atom. The van der Waals surface area contributed by atoms with Gasteiger partial charge in [-0.2, -0.15) is 0 Å². The van der Waals surface area contributed by atoms with E-state index in [0.717, 1.165) is 5.82 Å². The van der Waals surface area contributed by atoms with Crippen LogP contribution in [0, 0.1) is 0 Å². The van der Waals surface area contributed by atoms with Crippen molar-refractivity contribution in [2.24, 2.45) is 0 Å². The van der Waals surface area contributed by atoms with E-state index in [0.29, 0.717) is 24.8 Å². The van der Waals surface area contributed by atoms with Gasteiger partial charge >= 0.3 is 0 Å². The first kappa shape index (κ1) is 13.5. The molecule has 17 heavy (non-hydrogen) atoms. The summed E-state index contributed by atoms with van der Waals surface area (Å²) < 4.78 is 0. The van der Waals surface area contributed by atoms with Crippen LogP contribution in [0.3, 0.4) is 0 Å². The first-order valence-corrected chi connectivity index (χ1v) is 6.11. The van der Waals surface area contributed by atoms with E-state index in [1.54, 1.807) is 11.0 Å². The molecule has 0 bridgehead atoms. The molecule has 0 aliphatic rings. The van der Waals surface area contributed by atoms with E-state index in [1.165, 1.54) is 0 Å². The Labute approximate surface area is 103 Å². The number of anilines is 1. The number of aromatic nitrogens is 1. The van der Waals surface area contributed by atoms with E-state index in [1.807, 2.05) is 39.8 Å². The molecule has 4 heteroatoms. The van der Waals surface area contributed by atoms with Gasteiger partial charge in [0.05, 0.1) is 0 Å². The van der Waals surface area contributed by atoms with E-state index in [4.69, 9.17) is 0 Å². The predicted molar refractivity (Wildman–Crippen MR) is 70.2 cm³/mol. The summed E-state index contributed by atoms with van der Waals surface area (Å²) in [5, 5.41) is 3.19. The van der Waals surface area contributed by atoms with Gasteiger partial charge in [-0.25, -0.2) is 4.98 Å². The second-order valence-corrected chi connectivity index (χ2v) is 4.18. The standard InChI is InChI=1S/C13H21N3O/c1-5-16(6-2)13(17)11-8-7-9-12(15-11)14-10(3)4/h7-10H,5-6H2,1-4H3,(H,14,15). The van der Waals surface area contributed by atoms with Crippen LogP contribution in [0.1, 0.15) is 38.2 Å². The number of pyridine rings is 1. The van der Waals surface area contributed by atoms with E-state index < -0.39 is 0 Å². The van der Waals surface area contributed by atoms with Crippen molar-refractivity contribution in [2.45, 2.75) is 33.7 Å². The minimum atomic E-state index is -0.0117. The highest BCUT2D eigenvalue weighted by Gasteiger charge is 2.14. The zero-order valence-corrected chi connectivity index (χ0v) is 11.0. The number of nitrogens with zero attached hydrogens (tertiary/aromatic N) is 2. The lowest BCUT2D eigenvalue weighted by Gasteiger charge is -2.18. The van der Waals surface area contributed by atoms with Crippen LogP contribution in [0.25, 0.3) is 0 Å². The smallest absolute Gasteiger partial charge is 0.272 e. The maximum Gasteiger partial charge on any atom is 0.272 e. The number of amides is 1. The molecule has 0 aliphatic heterocycles. The van der Waals surface area contributed by atoms with Crippen molar-refractivity contribution in [3.05, 3.63) is 23.9 Å². The number of nitrogens with one attached hydrogen (secondary N) is 1. The average Bonchev–Trinajstić information content (AvgIpc) is 2.30. The maximum absolute atomic E-state index is 12.1. The molecular formula is C13H21N3O. The molecular weight excluding hydrogens is 214 g/mol. The van der Waals surface area contributed by atoms with Crippen LogP contribution in [0.15, 0.2) is 18.2 Å². The van der Waals surface area contributed by atoms with Gasteiger partial charge < -0.3 is 10.2 Å². The first-order valence-electron chi connectivity index (χ1n) is 6.11. The molecule has 1 rings (SSSR count). The van der Waals surface area contributed by atoms with Gasteiger partial charge in [-0.1, -0.05) is 6.07 Å². The summed E-state index contributed by atoms with van der Waals surface area (Å²) in [5.74, 6) is 0.736. The van der Waals surface area contributed by atoms with Crippen molar-refractivity contribution in [1.82, 2.24) is 9.88 Å². The molecule has 0 saturated carbocycles. The van der Waals surface area contributed by atoms with E-state index in [9.17, 15) is 4.79 Å². The second kappa shape index (κ2) is 6.23. The molecule has 0 saturated heterocycles. The summed E-state index contributed by atoms with van der Waals surface area (Å²) >= 11 is 0. The average molecular weight is 235 g/mol. The van der Waals surface area contributed by atoms with Gasteiger partial charge in [-0.15, -0.1) is 0 Å². The van der Waals surface area contributed by atoms with Crippen LogP contribution in [0.2, 0.25) is 0 Å². The molecule has 4 nitrogen and oxygen atoms in total. The lowest BCUT2D eigenvalue weighted by molar-refractivity contribution is 0.0767. The highest BCUT2D eigenvalue weighted by molar-refractivity contribution is 5.92. The van der Waals surface area contributed by atoms with Crippen LogP contribution < -0.4 is 5.32 Å². The number of hydrogen-bond acceptors (Lipinski definition) is 3. The quantitative estimate of drug-likeness (QED) is 0.852. The largest absolute Gasteiger partial charge is 0.368 e. The summed E-state index contributed by atoms with van der Waals surface area (Å²) in [6, 6.07) is 5.79. The van der Waals surface area contributed by atoms with Crippen molar-refractivity contribution in [3.8, 4) is 0 Å². The topological polar surface area (TPSA) is 45.2 Å². The van der Waals surface area contributed by atoms with Crippen molar-refractivity contribution in [2.75, 3.05) is 18.4 Å². The van der Waals surface area contributed by atoms with Crippen LogP contribution >= 0.6 is 0 Å². The fourth-order valence-electron chi connectivity index (χ4n) is 1.60. The zero-order valence-electron chi connectivity index (χ0n) is 11.0. The molecule has 0 unspecified atom stereocenters. The van der Waals surface area contributed by atoms with Crippen molar-refractivity contribution >= 4 is 11.7 Å². The SMILES string of the molecule is CCN(CC)C(=O)c1cccc(NC(C)C)n1. The van der Waals surface area contributed by atoms with Crippen molar-refractivity contribution < 1.29 is 4.79 Å². The number of carbonyl (C=O) groups is 1. The zero-order chi connectivity index (χ0) is 12.8. The Morgan fingerprint density at radius 2 is 2.00 bits per heavy atom. The molecule has 1 aromatic rings. The van der Waals surface area contributed by atoms with Gasteiger partial charge in [0, 0.05) is 19.1 Å². The minimum absolute atomic E-state index is 0.0117. The van der Waals surface area contributed by atoms with Gasteiger partial charge in [0.2, 0.25) is 0 Å². The molecule has 0 radical (unpaired) electrons. The molecule has 1 N–H and O–H groups in total. The van der Waals surface area contributed by atoms with Crippen molar-refractivity contribution in [3.63, 3.8) is 0 Å². The normalized spacial score (nSPS) is 10.4. The Morgan fingerprint density at radius 3 is 2.53 bits per heavy atom. The molecule has 0 spiro atoms. The monoisotopic (exact) mass is 235 g/mol. The molecule has 1 heterocycles. The van der Waals surface area contributed by atoms with Crippen LogP contribution in [0.4, 0.5) is 5.82 Å². The first-order chi connectivity index (χ1) is 8.08. The number of rotatable bonds is 5. The summed E-state index contributed by atoms with van der Waals surface area (Å²) in [5.41, 5.74) is 0.499. The second-order valence-electron chi connectivity index (χ2n) is 4.18. The van der Waals surface area contributed by atoms with E-state index in [-0.39, 0.29) is 5.91 Å². The highest BCUT2D eigenvalue weighted by atomic mass is 16.2. The van der Waals surface area contributed by atoms with Gasteiger partial charge in [-0.3, -0.25) is 4.79 Å². The highest BCUT2D eigenvalue weighted by Crippen LogP contribution is 2.08. The molecule has 0 aromatic carbocycles. The van der Waals surface area contributed by atoms with Gasteiger partial charge in [-0.05, 0) is 39.8 Å². The van der Waals surface area contributed by atoms with Gasteiger partial charge in [0.25, 0.3) is 5.91 Å². The Balaban J connectivity index is 2.87. The molecule has 94 valence electrons. The number of carbonyl (C=O) groups excluding carboxylic acids is 1. The predicted octanol–water partition coefficient (Wildman–Crippen LogP) is 2.38. The fraction of sp³-hybridized carbons (Fsp3) is 0.538. The molecule has 0 atom stereocenters. The van der Waals surface area contributed by atoms with Crippen LogP contribution in [-0.4, -0.2) is 34.9 Å². The Bertz CT molecular complexity index is 373. The summed E-state index contributed by atoms with van der Waals surface area (Å²) in [4.78, 5) is 18.2. The third-order valence-corrected chi connectivity index (χ3v) is 2.46. The third-order valence-electron chi connectivity index (χ3n) is 2.46. The third kappa shape index (κ3) is 3.73. The number of hydrogen-bond donors (Lipinski definition) is 1. The summed E-state index contributed by atoms with van der Waals surface area (Å²) in [7, 11) is 0. The van der Waals surface area contributed by atoms with E-state index in [2.05, 4.69) is 10.3 Å². The minimum Gasteiger partial charge on any atom is -0.368 e. The Kier molecular flexibility index (Phi) is 4.94. The maximum atomic E-state index is 12.1. The van der Waals surface area contributed by atoms with Crippen LogP contribution in [-0.2, 0) is 0 Å². The lowest BCUT2D eigenvalue weighted by Crippen LogP contribution is -2.31. The van der Waals surface area contributed by atoms with Gasteiger partial charge in [0.15, 0.2) is 0 Å². The fourth-order valence-corrected chi connectivity index (χ4v) is 1.60. The molecule has 1 aromatic heterocycles. The molecule has 1 amide bonds. The van der Waals surface area contributed by atoms with Crippen LogP contribution in [0.5, 0.6) is 0 Å². The molecule has 0 fully saturated rings. The summed E-state index contributed by atoms with van der Waals surface area (Å²) in [6.45, 7) is 9.44. The summed E-state index contributed by atoms with van der Waals surface area (Å²) in [6.07, 6.45) is 0. The van der Waals surface area contributed by atoms with E-state index >= 15 is 0 Å². The molecule has 0 aliphatic carbocycles.